The zero-order chi connectivity index (χ0) is 15.9. The summed E-state index contributed by atoms with van der Waals surface area (Å²) >= 11 is 0. The van der Waals surface area contributed by atoms with Gasteiger partial charge in [0.25, 0.3) is 5.91 Å². The van der Waals surface area contributed by atoms with Crippen LogP contribution in [0.5, 0.6) is 0 Å². The maximum absolute atomic E-state index is 12.8. The van der Waals surface area contributed by atoms with E-state index in [1.807, 2.05) is 37.3 Å². The van der Waals surface area contributed by atoms with Gasteiger partial charge in [-0.1, -0.05) is 18.2 Å². The number of hydrogen-bond donors (Lipinski definition) is 0. The third kappa shape index (κ3) is 3.91. The molecule has 0 fully saturated rings. The van der Waals surface area contributed by atoms with Gasteiger partial charge in [0.05, 0.1) is 5.56 Å². The number of ether oxygens (including phenoxy) is 1. The van der Waals surface area contributed by atoms with E-state index in [0.717, 1.165) is 5.69 Å². The highest BCUT2D eigenvalue weighted by Gasteiger charge is 2.16. The van der Waals surface area contributed by atoms with Crippen LogP contribution >= 0.6 is 0 Å². The number of anilines is 1. The van der Waals surface area contributed by atoms with E-state index in [1.54, 1.807) is 0 Å². The number of nitrogens with zero attached hydrogens (tertiary/aromatic N) is 1. The quantitative estimate of drug-likeness (QED) is 0.797. The summed E-state index contributed by atoms with van der Waals surface area (Å²) in [5, 5.41) is 0. The first kappa shape index (κ1) is 15.7. The summed E-state index contributed by atoms with van der Waals surface area (Å²) in [6, 6.07) is 14.1. The van der Waals surface area contributed by atoms with E-state index >= 15 is 0 Å². The van der Waals surface area contributed by atoms with Crippen LogP contribution in [0.2, 0.25) is 0 Å². The monoisotopic (exact) mass is 301 g/mol. The Balaban J connectivity index is 1.96. The lowest BCUT2D eigenvalue weighted by atomic mass is 10.2. The molecule has 0 saturated heterocycles. The highest BCUT2D eigenvalue weighted by atomic mass is 19.1. The number of carbonyl (C=O) groups is 2. The number of para-hydroxylation sites is 1. The van der Waals surface area contributed by atoms with Crippen LogP contribution in [0.4, 0.5) is 10.1 Å². The van der Waals surface area contributed by atoms with E-state index in [1.165, 1.54) is 29.2 Å². The predicted molar refractivity (Wildman–Crippen MR) is 81.2 cm³/mol. The normalized spacial score (nSPS) is 10.1. The second-order valence-electron chi connectivity index (χ2n) is 4.56. The van der Waals surface area contributed by atoms with Crippen molar-refractivity contribution in [2.75, 3.05) is 18.1 Å². The van der Waals surface area contributed by atoms with Crippen LogP contribution < -0.4 is 4.90 Å². The van der Waals surface area contributed by atoms with Gasteiger partial charge >= 0.3 is 5.97 Å². The Labute approximate surface area is 128 Å². The lowest BCUT2D eigenvalue weighted by Crippen LogP contribution is -2.34. The number of hydrogen-bond acceptors (Lipinski definition) is 3. The van der Waals surface area contributed by atoms with Crippen molar-refractivity contribution in [1.82, 2.24) is 0 Å². The molecule has 0 saturated carbocycles. The van der Waals surface area contributed by atoms with Gasteiger partial charge in [-0.2, -0.15) is 0 Å². The second-order valence-corrected chi connectivity index (χ2v) is 4.56. The van der Waals surface area contributed by atoms with Crippen LogP contribution in [0.3, 0.4) is 0 Å². The van der Waals surface area contributed by atoms with Gasteiger partial charge in [0, 0.05) is 12.2 Å². The Morgan fingerprint density at radius 1 is 1.05 bits per heavy atom. The summed E-state index contributed by atoms with van der Waals surface area (Å²) in [7, 11) is 0. The van der Waals surface area contributed by atoms with Crippen LogP contribution in [0, 0.1) is 5.82 Å². The summed E-state index contributed by atoms with van der Waals surface area (Å²) in [5.41, 5.74) is 0.949. The third-order valence-corrected chi connectivity index (χ3v) is 3.09. The lowest BCUT2D eigenvalue weighted by Gasteiger charge is -2.20. The number of carbonyl (C=O) groups excluding carboxylic acids is 2. The van der Waals surface area contributed by atoms with Crippen molar-refractivity contribution >= 4 is 17.6 Å². The second kappa shape index (κ2) is 7.36. The molecule has 0 aliphatic heterocycles. The summed E-state index contributed by atoms with van der Waals surface area (Å²) in [4.78, 5) is 25.5. The molecule has 0 aromatic heterocycles. The first-order chi connectivity index (χ1) is 10.6. The largest absolute Gasteiger partial charge is 0.452 e. The minimum absolute atomic E-state index is 0.206. The lowest BCUT2D eigenvalue weighted by molar-refractivity contribution is -0.121. The van der Waals surface area contributed by atoms with Crippen LogP contribution in [-0.2, 0) is 9.53 Å². The van der Waals surface area contributed by atoms with Crippen molar-refractivity contribution in [3.8, 4) is 0 Å². The molecule has 22 heavy (non-hydrogen) atoms. The standard InChI is InChI=1S/C17H16FNO3/c1-2-19(15-6-4-3-5-7-15)16(20)12-22-17(21)13-8-10-14(18)11-9-13/h3-11H,2,12H2,1H3. The van der Waals surface area contributed by atoms with E-state index < -0.39 is 11.8 Å². The smallest absolute Gasteiger partial charge is 0.338 e. The number of likely N-dealkylation sites (N-methyl/N-ethyl adjacent to an activating group) is 1. The molecule has 0 unspecified atom stereocenters. The number of amides is 1. The Morgan fingerprint density at radius 3 is 2.27 bits per heavy atom. The molecule has 2 aromatic rings. The van der Waals surface area contributed by atoms with Crippen molar-refractivity contribution in [3.05, 3.63) is 66.0 Å². The zero-order valence-electron chi connectivity index (χ0n) is 12.2. The van der Waals surface area contributed by atoms with Gasteiger partial charge in [-0.05, 0) is 43.3 Å². The molecular formula is C17H16FNO3. The van der Waals surface area contributed by atoms with Crippen molar-refractivity contribution < 1.29 is 18.7 Å². The summed E-state index contributed by atoms with van der Waals surface area (Å²) in [5.74, 6) is -1.41. The van der Waals surface area contributed by atoms with Gasteiger partial charge in [-0.25, -0.2) is 9.18 Å². The molecule has 5 heteroatoms. The average Bonchev–Trinajstić information content (AvgIpc) is 2.55. The van der Waals surface area contributed by atoms with Gasteiger partial charge in [-0.3, -0.25) is 4.79 Å². The van der Waals surface area contributed by atoms with E-state index in [-0.39, 0.29) is 18.1 Å². The molecule has 4 nitrogen and oxygen atoms in total. The Hall–Kier alpha value is -2.69. The van der Waals surface area contributed by atoms with Crippen LogP contribution in [0.1, 0.15) is 17.3 Å². The molecule has 0 radical (unpaired) electrons. The molecule has 0 N–H and O–H groups in total. The number of rotatable bonds is 5. The molecule has 0 heterocycles. The topological polar surface area (TPSA) is 46.6 Å². The molecular weight excluding hydrogens is 285 g/mol. The van der Waals surface area contributed by atoms with Gasteiger partial charge < -0.3 is 9.64 Å². The van der Waals surface area contributed by atoms with E-state index in [2.05, 4.69) is 0 Å². The number of halogens is 1. The van der Waals surface area contributed by atoms with E-state index in [4.69, 9.17) is 4.74 Å². The molecule has 114 valence electrons. The van der Waals surface area contributed by atoms with Crippen LogP contribution in [0.15, 0.2) is 54.6 Å². The predicted octanol–water partition coefficient (Wildman–Crippen LogP) is 3.04. The van der Waals surface area contributed by atoms with E-state index in [9.17, 15) is 14.0 Å². The minimum Gasteiger partial charge on any atom is -0.452 e. The first-order valence-corrected chi connectivity index (χ1v) is 6.90. The summed E-state index contributed by atoms with van der Waals surface area (Å²) in [6.45, 7) is 1.95. The summed E-state index contributed by atoms with van der Waals surface area (Å²) < 4.78 is 17.8. The highest BCUT2D eigenvalue weighted by Crippen LogP contribution is 2.13. The molecule has 2 rings (SSSR count). The van der Waals surface area contributed by atoms with Gasteiger partial charge in [0.2, 0.25) is 0 Å². The SMILES string of the molecule is CCN(C(=O)COC(=O)c1ccc(F)cc1)c1ccccc1. The van der Waals surface area contributed by atoms with Crippen molar-refractivity contribution in [2.24, 2.45) is 0 Å². The average molecular weight is 301 g/mol. The number of benzene rings is 2. The molecule has 0 aliphatic rings. The Bertz CT molecular complexity index is 641. The van der Waals surface area contributed by atoms with E-state index in [0.29, 0.717) is 6.54 Å². The maximum Gasteiger partial charge on any atom is 0.338 e. The number of esters is 1. The molecule has 1 amide bonds. The van der Waals surface area contributed by atoms with Crippen molar-refractivity contribution in [1.29, 1.82) is 0 Å². The van der Waals surface area contributed by atoms with Crippen molar-refractivity contribution in [3.63, 3.8) is 0 Å². The molecule has 2 aromatic carbocycles. The Kier molecular flexibility index (Phi) is 5.25. The first-order valence-electron chi connectivity index (χ1n) is 6.90. The molecule has 0 atom stereocenters. The summed E-state index contributed by atoms with van der Waals surface area (Å²) in [6.07, 6.45) is 0. The Morgan fingerprint density at radius 2 is 1.68 bits per heavy atom. The van der Waals surface area contributed by atoms with Crippen LogP contribution in [-0.4, -0.2) is 25.0 Å². The third-order valence-electron chi connectivity index (χ3n) is 3.09. The van der Waals surface area contributed by atoms with Crippen LogP contribution in [0.25, 0.3) is 0 Å². The highest BCUT2D eigenvalue weighted by molar-refractivity contribution is 5.97. The fourth-order valence-electron chi connectivity index (χ4n) is 1.99. The molecule has 0 bridgehead atoms. The van der Waals surface area contributed by atoms with Gasteiger partial charge in [-0.15, -0.1) is 0 Å². The fourth-order valence-corrected chi connectivity index (χ4v) is 1.99. The van der Waals surface area contributed by atoms with Crippen molar-refractivity contribution in [2.45, 2.75) is 6.92 Å². The van der Waals surface area contributed by atoms with Gasteiger partial charge in [0.15, 0.2) is 6.61 Å². The fraction of sp³-hybridized carbons (Fsp3) is 0.176. The zero-order valence-corrected chi connectivity index (χ0v) is 12.2. The maximum atomic E-state index is 12.8. The van der Waals surface area contributed by atoms with Gasteiger partial charge in [0.1, 0.15) is 5.82 Å². The molecule has 0 spiro atoms. The minimum atomic E-state index is -0.655. The molecule has 0 aliphatic carbocycles.